The first-order valence-electron chi connectivity index (χ1n) is 6.47. The molecule has 3 rings (SSSR count). The molecule has 2 heteroatoms. The molecule has 1 saturated heterocycles. The van der Waals surface area contributed by atoms with Gasteiger partial charge in [-0.3, -0.25) is 4.79 Å². The van der Waals surface area contributed by atoms with E-state index in [1.165, 1.54) is 10.8 Å². The third-order valence-corrected chi connectivity index (χ3v) is 3.72. The lowest BCUT2D eigenvalue weighted by Crippen LogP contribution is -2.06. The van der Waals surface area contributed by atoms with Gasteiger partial charge in [0.25, 0.3) is 0 Å². The summed E-state index contributed by atoms with van der Waals surface area (Å²) >= 11 is 0. The molecular weight excluding hydrogens is 224 g/mol. The first-order chi connectivity index (χ1) is 8.79. The molecule has 92 valence electrons. The highest BCUT2D eigenvalue weighted by atomic mass is 16.5. The van der Waals surface area contributed by atoms with Crippen LogP contribution in [0.1, 0.15) is 31.2 Å². The zero-order valence-electron chi connectivity index (χ0n) is 10.4. The highest BCUT2D eigenvalue weighted by Crippen LogP contribution is 2.35. The van der Waals surface area contributed by atoms with Crippen molar-refractivity contribution >= 4 is 16.7 Å². The number of fused-ring (bicyclic) bond motifs is 1. The number of cyclic esters (lactones) is 1. The molecule has 2 aromatic carbocycles. The molecule has 2 atom stereocenters. The van der Waals surface area contributed by atoms with Crippen LogP contribution in [0.15, 0.2) is 42.5 Å². The number of carbonyl (C=O) groups excluding carboxylic acids is 1. The molecule has 0 spiro atoms. The van der Waals surface area contributed by atoms with Gasteiger partial charge in [0.2, 0.25) is 0 Å². The van der Waals surface area contributed by atoms with Crippen molar-refractivity contribution in [1.82, 2.24) is 0 Å². The Morgan fingerprint density at radius 1 is 1.17 bits per heavy atom. The van der Waals surface area contributed by atoms with Crippen LogP contribution >= 0.6 is 0 Å². The quantitative estimate of drug-likeness (QED) is 0.749. The number of esters is 1. The zero-order chi connectivity index (χ0) is 12.5. The standard InChI is InChI=1S/C16H16O2/c1-2-12-10-15(16(17)18-12)14-9-5-7-11-6-3-4-8-13(11)14/h3-9,12,15H,2,10H2,1H3. The van der Waals surface area contributed by atoms with Gasteiger partial charge in [0, 0.05) is 6.42 Å². The van der Waals surface area contributed by atoms with E-state index in [1.807, 2.05) is 24.3 Å². The number of hydrogen-bond acceptors (Lipinski definition) is 2. The maximum absolute atomic E-state index is 12.0. The molecule has 18 heavy (non-hydrogen) atoms. The minimum atomic E-state index is -0.0963. The molecule has 2 nitrogen and oxygen atoms in total. The van der Waals surface area contributed by atoms with E-state index in [0.29, 0.717) is 0 Å². The number of rotatable bonds is 2. The van der Waals surface area contributed by atoms with Crippen molar-refractivity contribution in [3.8, 4) is 0 Å². The van der Waals surface area contributed by atoms with Gasteiger partial charge in [0.1, 0.15) is 6.10 Å². The summed E-state index contributed by atoms with van der Waals surface area (Å²) in [4.78, 5) is 12.0. The first-order valence-corrected chi connectivity index (χ1v) is 6.47. The topological polar surface area (TPSA) is 26.3 Å². The fourth-order valence-corrected chi connectivity index (χ4v) is 2.71. The van der Waals surface area contributed by atoms with Crippen LogP contribution in [0.4, 0.5) is 0 Å². The molecule has 0 amide bonds. The van der Waals surface area contributed by atoms with Crippen LogP contribution in [-0.2, 0) is 9.53 Å². The Labute approximate surface area is 107 Å². The van der Waals surface area contributed by atoms with E-state index in [0.717, 1.165) is 18.4 Å². The molecule has 0 radical (unpaired) electrons. The van der Waals surface area contributed by atoms with Crippen LogP contribution in [0.5, 0.6) is 0 Å². The van der Waals surface area contributed by atoms with Crippen molar-refractivity contribution in [2.45, 2.75) is 31.8 Å². The maximum atomic E-state index is 12.0. The Hall–Kier alpha value is -1.83. The molecule has 0 aliphatic carbocycles. The Morgan fingerprint density at radius 3 is 2.72 bits per heavy atom. The summed E-state index contributed by atoms with van der Waals surface area (Å²) in [5, 5.41) is 2.35. The normalized spacial score (nSPS) is 23.3. The highest BCUT2D eigenvalue weighted by molar-refractivity contribution is 5.91. The van der Waals surface area contributed by atoms with Gasteiger partial charge in [-0.05, 0) is 22.8 Å². The molecule has 1 aliphatic rings. The predicted molar refractivity (Wildman–Crippen MR) is 71.5 cm³/mol. The first kappa shape index (κ1) is 11.3. The van der Waals surface area contributed by atoms with E-state index in [9.17, 15) is 4.79 Å². The third-order valence-electron chi connectivity index (χ3n) is 3.72. The molecule has 1 fully saturated rings. The van der Waals surface area contributed by atoms with Crippen LogP contribution in [0.25, 0.3) is 10.8 Å². The van der Waals surface area contributed by atoms with Crippen molar-refractivity contribution in [1.29, 1.82) is 0 Å². The van der Waals surface area contributed by atoms with Gasteiger partial charge in [-0.2, -0.15) is 0 Å². The molecule has 0 bridgehead atoms. The van der Waals surface area contributed by atoms with Crippen LogP contribution in [0, 0.1) is 0 Å². The SMILES string of the molecule is CCC1CC(c2cccc3ccccc23)C(=O)O1. The number of hydrogen-bond donors (Lipinski definition) is 0. The third kappa shape index (κ3) is 1.78. The molecule has 2 unspecified atom stereocenters. The van der Waals surface area contributed by atoms with Gasteiger partial charge < -0.3 is 4.74 Å². The lowest BCUT2D eigenvalue weighted by Gasteiger charge is -2.10. The van der Waals surface area contributed by atoms with E-state index in [2.05, 4.69) is 25.1 Å². The number of ether oxygens (including phenoxy) is 1. The summed E-state index contributed by atoms with van der Waals surface area (Å²) in [7, 11) is 0. The summed E-state index contributed by atoms with van der Waals surface area (Å²) in [6.45, 7) is 2.06. The molecule has 1 aliphatic heterocycles. The van der Waals surface area contributed by atoms with Crippen molar-refractivity contribution in [2.24, 2.45) is 0 Å². The Kier molecular flexibility index (Phi) is 2.78. The van der Waals surface area contributed by atoms with Crippen molar-refractivity contribution < 1.29 is 9.53 Å². The van der Waals surface area contributed by atoms with E-state index in [4.69, 9.17) is 4.74 Å². The summed E-state index contributed by atoms with van der Waals surface area (Å²) in [6, 6.07) is 14.3. The molecular formula is C16H16O2. The summed E-state index contributed by atoms with van der Waals surface area (Å²) < 4.78 is 5.39. The Morgan fingerprint density at radius 2 is 1.94 bits per heavy atom. The van der Waals surface area contributed by atoms with Crippen molar-refractivity contribution in [3.05, 3.63) is 48.0 Å². The second-order valence-electron chi connectivity index (χ2n) is 4.82. The van der Waals surface area contributed by atoms with Crippen LogP contribution in [0.3, 0.4) is 0 Å². The Balaban J connectivity index is 2.07. The number of benzene rings is 2. The van der Waals surface area contributed by atoms with Crippen molar-refractivity contribution in [2.75, 3.05) is 0 Å². The van der Waals surface area contributed by atoms with E-state index in [-0.39, 0.29) is 18.0 Å². The fourth-order valence-electron chi connectivity index (χ4n) is 2.71. The molecule has 1 heterocycles. The minimum Gasteiger partial charge on any atom is -0.462 e. The lowest BCUT2D eigenvalue weighted by molar-refractivity contribution is -0.142. The summed E-state index contributed by atoms with van der Waals surface area (Å²) in [5.41, 5.74) is 1.11. The predicted octanol–water partition coefficient (Wildman–Crippen LogP) is 3.65. The fraction of sp³-hybridized carbons (Fsp3) is 0.312. The zero-order valence-corrected chi connectivity index (χ0v) is 10.4. The van der Waals surface area contributed by atoms with E-state index < -0.39 is 0 Å². The molecule has 0 N–H and O–H groups in total. The van der Waals surface area contributed by atoms with Gasteiger partial charge in [0.05, 0.1) is 5.92 Å². The molecule has 2 aromatic rings. The van der Waals surface area contributed by atoms with E-state index in [1.54, 1.807) is 0 Å². The summed E-state index contributed by atoms with van der Waals surface area (Å²) in [6.07, 6.45) is 1.79. The maximum Gasteiger partial charge on any atom is 0.313 e. The van der Waals surface area contributed by atoms with Gasteiger partial charge in [-0.25, -0.2) is 0 Å². The average molecular weight is 240 g/mol. The number of carbonyl (C=O) groups is 1. The van der Waals surface area contributed by atoms with Crippen LogP contribution < -0.4 is 0 Å². The van der Waals surface area contributed by atoms with Gasteiger partial charge >= 0.3 is 5.97 Å². The second kappa shape index (κ2) is 4.45. The van der Waals surface area contributed by atoms with Gasteiger partial charge in [-0.15, -0.1) is 0 Å². The summed E-state index contributed by atoms with van der Waals surface area (Å²) in [5.74, 6) is -0.167. The smallest absolute Gasteiger partial charge is 0.313 e. The average Bonchev–Trinajstić information content (AvgIpc) is 2.79. The van der Waals surface area contributed by atoms with Gasteiger partial charge in [-0.1, -0.05) is 49.4 Å². The largest absolute Gasteiger partial charge is 0.462 e. The highest BCUT2D eigenvalue weighted by Gasteiger charge is 2.35. The van der Waals surface area contributed by atoms with Crippen LogP contribution in [-0.4, -0.2) is 12.1 Å². The van der Waals surface area contributed by atoms with Crippen molar-refractivity contribution in [3.63, 3.8) is 0 Å². The molecule has 0 aromatic heterocycles. The van der Waals surface area contributed by atoms with E-state index >= 15 is 0 Å². The van der Waals surface area contributed by atoms with Gasteiger partial charge in [0.15, 0.2) is 0 Å². The van der Waals surface area contributed by atoms with Crippen LogP contribution in [0.2, 0.25) is 0 Å². The second-order valence-corrected chi connectivity index (χ2v) is 4.82. The Bertz CT molecular complexity index is 583. The minimum absolute atomic E-state index is 0.0711. The monoisotopic (exact) mass is 240 g/mol. The molecule has 0 saturated carbocycles. The lowest BCUT2D eigenvalue weighted by atomic mass is 9.91.